The van der Waals surface area contributed by atoms with Gasteiger partial charge in [-0.05, 0) is 92.2 Å². The Labute approximate surface area is 268 Å². The van der Waals surface area contributed by atoms with E-state index in [1.807, 2.05) is 18.2 Å². The van der Waals surface area contributed by atoms with Crippen molar-refractivity contribution in [2.45, 2.75) is 13.8 Å². The maximum atomic E-state index is 5.16. The van der Waals surface area contributed by atoms with Gasteiger partial charge in [0.2, 0.25) is 0 Å². The Balaban J connectivity index is 1.21. The van der Waals surface area contributed by atoms with Crippen LogP contribution < -0.4 is 4.90 Å². The summed E-state index contributed by atoms with van der Waals surface area (Å²) in [6.07, 6.45) is 0. The molecule has 8 rings (SSSR count). The van der Waals surface area contributed by atoms with Crippen LogP contribution in [0.15, 0.2) is 158 Å². The highest BCUT2D eigenvalue weighted by atomic mass is 15.1. The van der Waals surface area contributed by atoms with Crippen molar-refractivity contribution in [1.82, 2.24) is 14.5 Å². The number of fused-ring (bicyclic) bond motifs is 2. The minimum Gasteiger partial charge on any atom is -0.314 e. The predicted molar refractivity (Wildman–Crippen MR) is 191 cm³/mol. The molecule has 4 heteroatoms. The van der Waals surface area contributed by atoms with E-state index in [1.54, 1.807) is 0 Å². The maximum Gasteiger partial charge on any atom is 0.0973 e. The van der Waals surface area contributed by atoms with E-state index in [0.717, 1.165) is 56.3 Å². The zero-order valence-electron chi connectivity index (χ0n) is 25.8. The molecule has 0 spiro atoms. The van der Waals surface area contributed by atoms with Crippen molar-refractivity contribution in [3.8, 4) is 28.2 Å². The van der Waals surface area contributed by atoms with Gasteiger partial charge in [-0.2, -0.15) is 0 Å². The lowest BCUT2D eigenvalue weighted by Crippen LogP contribution is -2.10. The van der Waals surface area contributed by atoms with Crippen LogP contribution in [0, 0.1) is 13.8 Å². The van der Waals surface area contributed by atoms with Gasteiger partial charge in [0.25, 0.3) is 0 Å². The molecule has 0 unspecified atom stereocenters. The number of nitrogens with zero attached hydrogens (tertiary/aromatic N) is 4. The molecule has 0 radical (unpaired) electrons. The molecule has 0 aliphatic rings. The van der Waals surface area contributed by atoms with Gasteiger partial charge in [0.05, 0.1) is 27.9 Å². The highest BCUT2D eigenvalue weighted by Gasteiger charge is 2.17. The normalized spacial score (nSPS) is 11.3. The van der Waals surface area contributed by atoms with Gasteiger partial charge in [0, 0.05) is 45.0 Å². The van der Waals surface area contributed by atoms with E-state index >= 15 is 0 Å². The van der Waals surface area contributed by atoms with Gasteiger partial charge in [-0.15, -0.1) is 0 Å². The fourth-order valence-electron chi connectivity index (χ4n) is 6.34. The van der Waals surface area contributed by atoms with Crippen LogP contribution in [0.1, 0.15) is 11.3 Å². The van der Waals surface area contributed by atoms with Crippen LogP contribution in [0.3, 0.4) is 0 Å². The summed E-state index contributed by atoms with van der Waals surface area (Å²) in [6.45, 7) is 4.25. The van der Waals surface area contributed by atoms with Gasteiger partial charge in [0.1, 0.15) is 0 Å². The molecule has 0 aliphatic heterocycles. The molecule has 0 bridgehead atoms. The third-order valence-corrected chi connectivity index (χ3v) is 8.54. The molecular weight excluding hydrogens is 560 g/mol. The first-order valence-electron chi connectivity index (χ1n) is 15.6. The number of anilines is 3. The zero-order valence-corrected chi connectivity index (χ0v) is 25.8. The number of hydrogen-bond acceptors (Lipinski definition) is 3. The van der Waals surface area contributed by atoms with E-state index in [4.69, 9.17) is 9.97 Å². The van der Waals surface area contributed by atoms with Crippen LogP contribution in [0.2, 0.25) is 0 Å². The number of benzene rings is 6. The first-order chi connectivity index (χ1) is 22.6. The van der Waals surface area contributed by atoms with E-state index in [2.05, 4.69) is 163 Å². The lowest BCUT2D eigenvalue weighted by atomic mass is 10.0. The van der Waals surface area contributed by atoms with Gasteiger partial charge < -0.3 is 9.47 Å². The number of hydrogen-bond donors (Lipinski definition) is 0. The third-order valence-electron chi connectivity index (χ3n) is 8.54. The fraction of sp³-hybridized carbons (Fsp3) is 0.0476. The number of para-hydroxylation sites is 2. The summed E-state index contributed by atoms with van der Waals surface area (Å²) in [5, 5.41) is 1.25. The molecule has 0 saturated heterocycles. The first-order valence-corrected chi connectivity index (χ1v) is 15.6. The Morgan fingerprint density at radius 1 is 0.478 bits per heavy atom. The second-order valence-corrected chi connectivity index (χ2v) is 11.7. The molecule has 0 saturated carbocycles. The van der Waals surface area contributed by atoms with Gasteiger partial charge in [0.15, 0.2) is 0 Å². The number of aryl methyl sites for hydroxylation is 2. The molecule has 0 fully saturated rings. The first kappa shape index (κ1) is 27.5. The quantitative estimate of drug-likeness (QED) is 0.193. The van der Waals surface area contributed by atoms with Crippen molar-refractivity contribution in [3.63, 3.8) is 0 Å². The third kappa shape index (κ3) is 5.00. The Hall–Kier alpha value is -6.00. The van der Waals surface area contributed by atoms with Gasteiger partial charge in [-0.25, -0.2) is 9.97 Å². The molecule has 220 valence electrons. The van der Waals surface area contributed by atoms with Crippen LogP contribution in [-0.4, -0.2) is 14.5 Å². The van der Waals surface area contributed by atoms with Crippen LogP contribution in [0.4, 0.5) is 17.1 Å². The molecule has 0 amide bonds. The summed E-state index contributed by atoms with van der Waals surface area (Å²) in [6, 6.07) is 55.4. The fourth-order valence-corrected chi connectivity index (χ4v) is 6.34. The van der Waals surface area contributed by atoms with E-state index < -0.39 is 0 Å². The molecule has 0 aliphatic carbocycles. The van der Waals surface area contributed by atoms with Crippen LogP contribution in [0.5, 0.6) is 0 Å². The van der Waals surface area contributed by atoms with E-state index in [1.165, 1.54) is 22.2 Å². The standard InChI is InChI=1S/C42H32N4/c1-29-17-26-38-39(27-29)44-42(41(43-38)31-11-5-3-6-12-31)32-18-20-36(21-19-32)46(34-14-7-4-8-15-34)37-24-22-35(23-25-37)45-30(2)28-33-13-9-10-16-40(33)45/h3-28H,1-2H3. The van der Waals surface area contributed by atoms with E-state index in [9.17, 15) is 0 Å². The Morgan fingerprint density at radius 2 is 1.04 bits per heavy atom. The van der Waals surface area contributed by atoms with Crippen LogP contribution in [-0.2, 0) is 0 Å². The van der Waals surface area contributed by atoms with Crippen molar-refractivity contribution in [3.05, 3.63) is 169 Å². The molecule has 0 N–H and O–H groups in total. The molecule has 6 aromatic carbocycles. The second kappa shape index (κ2) is 11.5. The topological polar surface area (TPSA) is 34.0 Å². The highest BCUT2D eigenvalue weighted by Crippen LogP contribution is 2.38. The monoisotopic (exact) mass is 592 g/mol. The highest BCUT2D eigenvalue weighted by molar-refractivity contribution is 5.88. The smallest absolute Gasteiger partial charge is 0.0973 e. The zero-order chi connectivity index (χ0) is 31.0. The average molecular weight is 593 g/mol. The molecule has 0 atom stereocenters. The maximum absolute atomic E-state index is 5.16. The summed E-state index contributed by atoms with van der Waals surface area (Å²) in [5.74, 6) is 0. The van der Waals surface area contributed by atoms with Gasteiger partial charge in [-0.1, -0.05) is 84.9 Å². The Morgan fingerprint density at radius 3 is 1.76 bits per heavy atom. The number of aromatic nitrogens is 3. The summed E-state index contributed by atoms with van der Waals surface area (Å²) < 4.78 is 2.32. The largest absolute Gasteiger partial charge is 0.314 e. The van der Waals surface area contributed by atoms with Crippen molar-refractivity contribution in [2.75, 3.05) is 4.90 Å². The van der Waals surface area contributed by atoms with Crippen molar-refractivity contribution in [2.24, 2.45) is 0 Å². The summed E-state index contributed by atoms with van der Waals surface area (Å²) in [5.41, 5.74) is 13.6. The van der Waals surface area contributed by atoms with Crippen molar-refractivity contribution < 1.29 is 0 Å². The van der Waals surface area contributed by atoms with Crippen LogP contribution >= 0.6 is 0 Å². The van der Waals surface area contributed by atoms with Gasteiger partial charge >= 0.3 is 0 Å². The molecule has 2 aromatic heterocycles. The Kier molecular flexibility index (Phi) is 6.88. The predicted octanol–water partition coefficient (Wildman–Crippen LogP) is 11.0. The summed E-state index contributed by atoms with van der Waals surface area (Å²) in [7, 11) is 0. The lowest BCUT2D eigenvalue weighted by Gasteiger charge is -2.26. The minimum absolute atomic E-state index is 0.876. The lowest BCUT2D eigenvalue weighted by molar-refractivity contribution is 1.05. The molecular formula is C42H32N4. The average Bonchev–Trinajstić information content (AvgIpc) is 3.45. The molecule has 4 nitrogen and oxygen atoms in total. The van der Waals surface area contributed by atoms with E-state index in [0.29, 0.717) is 0 Å². The minimum atomic E-state index is 0.876. The number of rotatable bonds is 6. The summed E-state index contributed by atoms with van der Waals surface area (Å²) >= 11 is 0. The van der Waals surface area contributed by atoms with Crippen molar-refractivity contribution >= 4 is 39.0 Å². The van der Waals surface area contributed by atoms with E-state index in [-0.39, 0.29) is 0 Å². The SMILES string of the molecule is Cc1ccc2nc(-c3ccccc3)c(-c3ccc(N(c4ccccc4)c4ccc(-n5c(C)cc6ccccc65)cc4)cc3)nc2c1. The molecule has 8 aromatic rings. The van der Waals surface area contributed by atoms with Crippen molar-refractivity contribution in [1.29, 1.82) is 0 Å². The molecule has 2 heterocycles. The Bertz CT molecular complexity index is 2300. The van der Waals surface area contributed by atoms with Gasteiger partial charge in [-0.3, -0.25) is 0 Å². The second-order valence-electron chi connectivity index (χ2n) is 11.7. The van der Waals surface area contributed by atoms with Crippen LogP contribution in [0.25, 0.3) is 50.1 Å². The summed E-state index contributed by atoms with van der Waals surface area (Å²) in [4.78, 5) is 12.5. The molecule has 46 heavy (non-hydrogen) atoms.